The number of carbonyl (C=O) groups is 1. The van der Waals surface area contributed by atoms with Gasteiger partial charge >= 0.3 is 0 Å². The Bertz CT molecular complexity index is 1010. The predicted octanol–water partition coefficient (Wildman–Crippen LogP) is 3.27. The summed E-state index contributed by atoms with van der Waals surface area (Å²) in [5.41, 5.74) is 2.35. The van der Waals surface area contributed by atoms with E-state index in [4.69, 9.17) is 13.7 Å². The molecule has 1 amide bonds. The van der Waals surface area contributed by atoms with E-state index < -0.39 is 0 Å². The molecule has 7 heteroatoms. The molecule has 1 unspecified atom stereocenters. The van der Waals surface area contributed by atoms with Gasteiger partial charge in [-0.2, -0.15) is 0 Å². The summed E-state index contributed by atoms with van der Waals surface area (Å²) in [6.07, 6.45) is 6.19. The SMILES string of the molecule is O=C(NC1COC2CC1C2)c1cc(-c2ccco2)nc2onc(C3CC3)c12. The van der Waals surface area contributed by atoms with Crippen molar-refractivity contribution >= 4 is 17.0 Å². The maximum Gasteiger partial charge on any atom is 0.259 e. The summed E-state index contributed by atoms with van der Waals surface area (Å²) in [6.45, 7) is 0.583. The van der Waals surface area contributed by atoms with Crippen molar-refractivity contribution in [2.75, 3.05) is 6.61 Å². The molecule has 27 heavy (non-hydrogen) atoms. The predicted molar refractivity (Wildman–Crippen MR) is 95.2 cm³/mol. The highest BCUT2D eigenvalue weighted by Crippen LogP contribution is 2.44. The zero-order valence-electron chi connectivity index (χ0n) is 14.7. The van der Waals surface area contributed by atoms with Gasteiger partial charge in [-0.1, -0.05) is 5.16 Å². The second kappa shape index (κ2) is 5.66. The van der Waals surface area contributed by atoms with Gasteiger partial charge in [0.15, 0.2) is 5.76 Å². The molecule has 4 aliphatic rings. The lowest BCUT2D eigenvalue weighted by molar-refractivity contribution is -0.108. The molecule has 0 aromatic carbocycles. The molecule has 2 saturated heterocycles. The average molecular weight is 365 g/mol. The van der Waals surface area contributed by atoms with Crippen molar-refractivity contribution in [3.8, 4) is 11.5 Å². The van der Waals surface area contributed by atoms with Crippen molar-refractivity contribution in [2.45, 2.75) is 43.7 Å². The number of fused-ring (bicyclic) bond motifs is 3. The fraction of sp³-hybridized carbons (Fsp3) is 0.450. The third kappa shape index (κ3) is 2.49. The van der Waals surface area contributed by atoms with Crippen LogP contribution in [-0.4, -0.2) is 34.8 Å². The molecule has 2 aliphatic heterocycles. The molecule has 0 radical (unpaired) electrons. The molecule has 2 aliphatic carbocycles. The first kappa shape index (κ1) is 15.4. The summed E-state index contributed by atoms with van der Waals surface area (Å²) in [5, 5.41) is 8.12. The lowest BCUT2D eigenvalue weighted by Crippen LogP contribution is -2.55. The fourth-order valence-corrected chi connectivity index (χ4v) is 4.19. The summed E-state index contributed by atoms with van der Waals surface area (Å²) < 4.78 is 16.7. The van der Waals surface area contributed by atoms with Crippen molar-refractivity contribution in [1.82, 2.24) is 15.5 Å². The van der Waals surface area contributed by atoms with Gasteiger partial charge in [0.2, 0.25) is 0 Å². The molecule has 1 atom stereocenters. The second-order valence-corrected chi connectivity index (χ2v) is 7.82. The van der Waals surface area contributed by atoms with Crippen LogP contribution in [0.3, 0.4) is 0 Å². The first-order valence-corrected chi connectivity index (χ1v) is 9.53. The highest BCUT2D eigenvalue weighted by atomic mass is 16.5. The molecule has 5 heterocycles. The summed E-state index contributed by atoms with van der Waals surface area (Å²) in [7, 11) is 0. The van der Waals surface area contributed by atoms with Crippen LogP contribution in [0.5, 0.6) is 0 Å². The third-order valence-corrected chi connectivity index (χ3v) is 5.98. The minimum absolute atomic E-state index is 0.0574. The van der Waals surface area contributed by atoms with Gasteiger partial charge in [0.1, 0.15) is 5.69 Å². The molecule has 4 fully saturated rings. The third-order valence-electron chi connectivity index (χ3n) is 5.98. The van der Waals surface area contributed by atoms with E-state index in [9.17, 15) is 4.79 Å². The number of carbonyl (C=O) groups excluding carboxylic acids is 1. The van der Waals surface area contributed by atoms with Crippen LogP contribution in [0.4, 0.5) is 0 Å². The quantitative estimate of drug-likeness (QED) is 0.763. The highest BCUT2D eigenvalue weighted by molar-refractivity contribution is 6.07. The molecule has 3 aromatic heterocycles. The number of nitrogens with one attached hydrogen (secondary N) is 1. The van der Waals surface area contributed by atoms with Crippen LogP contribution < -0.4 is 5.32 Å². The molecule has 138 valence electrons. The summed E-state index contributed by atoms with van der Waals surface area (Å²) in [6, 6.07) is 5.45. The molecule has 7 rings (SSSR count). The van der Waals surface area contributed by atoms with Gasteiger partial charge < -0.3 is 19.0 Å². The summed E-state index contributed by atoms with van der Waals surface area (Å²) >= 11 is 0. The number of rotatable bonds is 4. The molecule has 3 aromatic rings. The van der Waals surface area contributed by atoms with E-state index in [1.54, 1.807) is 18.4 Å². The van der Waals surface area contributed by atoms with E-state index >= 15 is 0 Å². The van der Waals surface area contributed by atoms with Gasteiger partial charge in [0, 0.05) is 5.92 Å². The minimum Gasteiger partial charge on any atom is -0.463 e. The van der Waals surface area contributed by atoms with Crippen LogP contribution in [0.2, 0.25) is 0 Å². The smallest absolute Gasteiger partial charge is 0.259 e. The lowest BCUT2D eigenvalue weighted by atomic mass is 9.75. The molecular formula is C20H19N3O4. The van der Waals surface area contributed by atoms with Gasteiger partial charge in [-0.05, 0) is 49.8 Å². The summed E-state index contributed by atoms with van der Waals surface area (Å²) in [5.74, 6) is 1.34. The van der Waals surface area contributed by atoms with E-state index in [0.717, 1.165) is 36.8 Å². The fourth-order valence-electron chi connectivity index (χ4n) is 4.19. The van der Waals surface area contributed by atoms with Crippen LogP contribution >= 0.6 is 0 Å². The van der Waals surface area contributed by atoms with E-state index in [0.29, 0.717) is 47.3 Å². The van der Waals surface area contributed by atoms with Crippen LogP contribution in [0.15, 0.2) is 33.4 Å². The topological polar surface area (TPSA) is 90.4 Å². The zero-order valence-corrected chi connectivity index (χ0v) is 14.7. The Labute approximate surface area is 155 Å². The first-order chi connectivity index (χ1) is 13.3. The molecule has 1 N–H and O–H groups in total. The Morgan fingerprint density at radius 2 is 2.15 bits per heavy atom. The number of aromatic nitrogens is 2. The standard InChI is InChI=1S/C20H19N3O4/c24-19(21-15-9-26-12-6-11(15)7-12)13-8-14(16-2-1-5-25-16)22-20-17(13)18(23-27-20)10-3-4-10/h1-2,5,8,10-12,15H,3-4,6-7,9H2,(H,21,24). The van der Waals surface area contributed by atoms with Crippen molar-refractivity contribution in [2.24, 2.45) is 5.92 Å². The van der Waals surface area contributed by atoms with Crippen molar-refractivity contribution in [1.29, 1.82) is 0 Å². The molecule has 7 nitrogen and oxygen atoms in total. The number of hydrogen-bond acceptors (Lipinski definition) is 6. The van der Waals surface area contributed by atoms with E-state index in [1.165, 1.54) is 0 Å². The lowest BCUT2D eigenvalue weighted by Gasteiger charge is -2.46. The number of hydrogen-bond donors (Lipinski definition) is 1. The highest BCUT2D eigenvalue weighted by Gasteiger charge is 2.42. The van der Waals surface area contributed by atoms with Crippen LogP contribution in [0.25, 0.3) is 22.6 Å². The van der Waals surface area contributed by atoms with Crippen molar-refractivity contribution < 1.29 is 18.5 Å². The van der Waals surface area contributed by atoms with Crippen molar-refractivity contribution in [3.05, 3.63) is 35.7 Å². The Morgan fingerprint density at radius 3 is 2.85 bits per heavy atom. The number of amides is 1. The van der Waals surface area contributed by atoms with Crippen LogP contribution in [-0.2, 0) is 4.74 Å². The number of nitrogens with zero attached hydrogens (tertiary/aromatic N) is 2. The molecule has 2 bridgehead atoms. The molecular weight excluding hydrogens is 346 g/mol. The first-order valence-electron chi connectivity index (χ1n) is 9.53. The Balaban J connectivity index is 1.42. The number of furan rings is 1. The number of pyridine rings is 1. The molecule has 0 spiro atoms. The van der Waals surface area contributed by atoms with Gasteiger partial charge in [-0.3, -0.25) is 4.79 Å². The van der Waals surface area contributed by atoms with E-state index in [1.807, 2.05) is 6.07 Å². The number of ether oxygens (including phenoxy) is 1. The Hall–Kier alpha value is -2.67. The minimum atomic E-state index is -0.126. The van der Waals surface area contributed by atoms with Crippen molar-refractivity contribution in [3.63, 3.8) is 0 Å². The Kier molecular flexibility index (Phi) is 3.23. The van der Waals surface area contributed by atoms with Gasteiger partial charge in [-0.15, -0.1) is 0 Å². The van der Waals surface area contributed by atoms with E-state index in [2.05, 4.69) is 15.5 Å². The monoisotopic (exact) mass is 365 g/mol. The zero-order chi connectivity index (χ0) is 18.0. The second-order valence-electron chi connectivity index (χ2n) is 7.82. The van der Waals surface area contributed by atoms with Gasteiger partial charge in [0.05, 0.1) is 41.7 Å². The van der Waals surface area contributed by atoms with Crippen LogP contribution in [0, 0.1) is 5.92 Å². The maximum atomic E-state index is 13.2. The largest absolute Gasteiger partial charge is 0.463 e. The van der Waals surface area contributed by atoms with E-state index in [-0.39, 0.29) is 11.9 Å². The average Bonchev–Trinajstić information content (AvgIpc) is 3.18. The molecule has 2 saturated carbocycles. The normalized spacial score (nSPS) is 26.7. The Morgan fingerprint density at radius 1 is 1.26 bits per heavy atom. The summed E-state index contributed by atoms with van der Waals surface area (Å²) in [4.78, 5) is 17.7. The maximum absolute atomic E-state index is 13.2. The van der Waals surface area contributed by atoms with Gasteiger partial charge in [0.25, 0.3) is 11.6 Å². The van der Waals surface area contributed by atoms with Gasteiger partial charge in [-0.25, -0.2) is 4.98 Å². The van der Waals surface area contributed by atoms with Crippen LogP contribution in [0.1, 0.15) is 47.7 Å².